The first kappa shape index (κ1) is 21.5. The van der Waals surface area contributed by atoms with Crippen LogP contribution in [0.1, 0.15) is 12.5 Å². The van der Waals surface area contributed by atoms with Gasteiger partial charge in [-0.05, 0) is 55.1 Å². The second-order valence-electron chi connectivity index (χ2n) is 8.01. The summed E-state index contributed by atoms with van der Waals surface area (Å²) in [4.78, 5) is 24.1. The van der Waals surface area contributed by atoms with Crippen molar-refractivity contribution in [1.82, 2.24) is 24.0 Å². The van der Waals surface area contributed by atoms with Crippen molar-refractivity contribution in [2.45, 2.75) is 12.5 Å². The van der Waals surface area contributed by atoms with E-state index in [0.29, 0.717) is 47.9 Å². The van der Waals surface area contributed by atoms with Gasteiger partial charge in [0.15, 0.2) is 11.5 Å². The molecule has 10 heteroatoms. The van der Waals surface area contributed by atoms with E-state index in [9.17, 15) is 9.18 Å². The van der Waals surface area contributed by atoms with Gasteiger partial charge in [-0.1, -0.05) is 18.2 Å². The Hall–Kier alpha value is -4.34. The fourth-order valence-electron chi connectivity index (χ4n) is 4.31. The molecule has 0 aliphatic carbocycles. The molecular formula is C24H24FN7O2. The molecule has 1 fully saturated rings. The number of rotatable bonds is 6. The van der Waals surface area contributed by atoms with Crippen molar-refractivity contribution in [2.75, 3.05) is 31.2 Å². The van der Waals surface area contributed by atoms with Crippen molar-refractivity contribution in [1.29, 1.82) is 0 Å². The summed E-state index contributed by atoms with van der Waals surface area (Å²) in [5.41, 5.74) is 13.2. The van der Waals surface area contributed by atoms with Gasteiger partial charge in [0.05, 0.1) is 11.7 Å². The highest BCUT2D eigenvalue weighted by atomic mass is 19.1. The molecule has 0 saturated carbocycles. The van der Waals surface area contributed by atoms with Crippen LogP contribution in [-0.4, -0.2) is 43.8 Å². The Morgan fingerprint density at radius 2 is 1.79 bits per heavy atom. The fraction of sp³-hybridized carbons (Fsp3) is 0.208. The Morgan fingerprint density at radius 1 is 1.06 bits per heavy atom. The van der Waals surface area contributed by atoms with Crippen LogP contribution in [0.25, 0.3) is 16.9 Å². The Bertz CT molecular complexity index is 1400. The lowest BCUT2D eigenvalue weighted by molar-refractivity contribution is 0.427. The summed E-state index contributed by atoms with van der Waals surface area (Å²) in [5.74, 6) is 1.46. The highest BCUT2D eigenvalue weighted by molar-refractivity contribution is 5.85. The van der Waals surface area contributed by atoms with E-state index < -0.39 is 6.67 Å². The molecule has 2 aromatic heterocycles. The van der Waals surface area contributed by atoms with Crippen LogP contribution in [0.3, 0.4) is 0 Å². The van der Waals surface area contributed by atoms with E-state index in [1.165, 1.54) is 10.6 Å². The van der Waals surface area contributed by atoms with Crippen LogP contribution in [0, 0.1) is 0 Å². The molecular weight excluding hydrogens is 437 g/mol. The van der Waals surface area contributed by atoms with Gasteiger partial charge in [0, 0.05) is 13.1 Å². The van der Waals surface area contributed by atoms with E-state index >= 15 is 0 Å². The molecule has 0 amide bonds. The van der Waals surface area contributed by atoms with E-state index in [1.807, 2.05) is 35.2 Å². The van der Waals surface area contributed by atoms with Crippen LogP contribution < -0.4 is 21.9 Å². The lowest BCUT2D eigenvalue weighted by atomic mass is 10.2. The third-order valence-electron chi connectivity index (χ3n) is 5.80. The second-order valence-corrected chi connectivity index (χ2v) is 8.01. The molecule has 3 heterocycles. The molecule has 34 heavy (non-hydrogen) atoms. The smallest absolute Gasteiger partial charge is 0.335 e. The summed E-state index contributed by atoms with van der Waals surface area (Å²) in [6.07, 6.45) is 3.86. The molecule has 1 aliphatic rings. The molecule has 5 rings (SSSR count). The number of anilines is 2. The molecule has 0 radical (unpaired) electrons. The average molecular weight is 462 g/mol. The van der Waals surface area contributed by atoms with E-state index in [4.69, 9.17) is 16.2 Å². The maximum Gasteiger partial charge on any atom is 0.335 e. The predicted octanol–water partition coefficient (Wildman–Crippen LogP) is 3.27. The molecule has 9 nitrogen and oxygen atoms in total. The fourth-order valence-corrected chi connectivity index (χ4v) is 4.31. The Balaban J connectivity index is 1.56. The summed E-state index contributed by atoms with van der Waals surface area (Å²) in [5, 5.41) is 0. The molecule has 2 aromatic carbocycles. The minimum atomic E-state index is -0.537. The van der Waals surface area contributed by atoms with Crippen molar-refractivity contribution in [3.8, 4) is 17.2 Å². The van der Waals surface area contributed by atoms with Gasteiger partial charge in [-0.2, -0.15) is 9.97 Å². The van der Waals surface area contributed by atoms with Crippen LogP contribution in [0.15, 0.2) is 71.7 Å². The normalized spacial score (nSPS) is 16.0. The summed E-state index contributed by atoms with van der Waals surface area (Å²) in [7, 11) is 0. The van der Waals surface area contributed by atoms with Crippen LogP contribution in [-0.2, 0) is 0 Å². The molecule has 1 aliphatic heterocycles. The number of nitrogens with zero attached hydrogens (tertiary/aromatic N) is 5. The number of benzene rings is 2. The quantitative estimate of drug-likeness (QED) is 0.453. The zero-order chi connectivity index (χ0) is 23.7. The number of hydrogen-bond donors (Lipinski definition) is 2. The largest absolute Gasteiger partial charge is 0.457 e. The van der Waals surface area contributed by atoms with Gasteiger partial charge in [-0.3, -0.25) is 9.13 Å². The van der Waals surface area contributed by atoms with Crippen molar-refractivity contribution in [2.24, 2.45) is 0 Å². The molecule has 174 valence electrons. The Kier molecular flexibility index (Phi) is 5.62. The number of aromatic nitrogens is 4. The van der Waals surface area contributed by atoms with Crippen LogP contribution in [0.4, 0.5) is 16.2 Å². The number of nitrogen functional groups attached to an aromatic ring is 2. The van der Waals surface area contributed by atoms with Gasteiger partial charge in [0.1, 0.15) is 23.7 Å². The van der Waals surface area contributed by atoms with Gasteiger partial charge in [0.25, 0.3) is 0 Å². The monoisotopic (exact) mass is 461 g/mol. The number of hydrogen-bond acceptors (Lipinski definition) is 7. The number of fused-ring (bicyclic) bond motifs is 1. The van der Waals surface area contributed by atoms with Crippen molar-refractivity contribution in [3.05, 3.63) is 77.4 Å². The van der Waals surface area contributed by atoms with Gasteiger partial charge in [-0.15, -0.1) is 0 Å². The van der Waals surface area contributed by atoms with E-state index in [2.05, 4.69) is 9.97 Å². The summed E-state index contributed by atoms with van der Waals surface area (Å²) in [6.45, 7) is 0.704. The zero-order valence-electron chi connectivity index (χ0n) is 18.3. The summed E-state index contributed by atoms with van der Waals surface area (Å²) in [6, 6.07) is 16.4. The Morgan fingerprint density at radius 3 is 2.53 bits per heavy atom. The van der Waals surface area contributed by atoms with Crippen LogP contribution >= 0.6 is 0 Å². The number of ether oxygens (including phenoxy) is 1. The third-order valence-corrected chi connectivity index (χ3v) is 5.80. The van der Waals surface area contributed by atoms with E-state index in [1.54, 1.807) is 35.0 Å². The standard InChI is InChI=1S/C24H24FN7O2/c25-12-4-13-30-14-11-17(15-30)32-22-20(21(26)28-23(27)29-22)31(24(32)33)16-7-9-19(10-8-16)34-18-5-2-1-3-6-18/h1-10,13,17H,11-12,14-15H2,(H4,26,27,28,29)/t17-/m1/s1. The number of alkyl halides is 1. The SMILES string of the molecule is Nc1nc(N)c2c(n1)n([C@@H]1CCN(C=CCF)C1)c(=O)n2-c1ccc(Oc2ccccc2)cc1. The highest BCUT2D eigenvalue weighted by Gasteiger charge is 2.29. The van der Waals surface area contributed by atoms with Crippen LogP contribution in [0.2, 0.25) is 0 Å². The number of nitrogens with two attached hydrogens (primary N) is 2. The van der Waals surface area contributed by atoms with Crippen molar-refractivity contribution < 1.29 is 9.13 Å². The lowest BCUT2D eigenvalue weighted by Crippen LogP contribution is -2.28. The number of halogens is 1. The molecule has 1 atom stereocenters. The molecule has 0 spiro atoms. The number of para-hydroxylation sites is 1. The first-order valence-electron chi connectivity index (χ1n) is 10.9. The van der Waals surface area contributed by atoms with Crippen LogP contribution in [0.5, 0.6) is 11.5 Å². The zero-order valence-corrected chi connectivity index (χ0v) is 18.3. The maximum absolute atomic E-state index is 13.7. The number of likely N-dealkylation sites (tertiary alicyclic amines) is 1. The van der Waals surface area contributed by atoms with Crippen molar-refractivity contribution >= 4 is 22.9 Å². The summed E-state index contributed by atoms with van der Waals surface area (Å²) >= 11 is 0. The highest BCUT2D eigenvalue weighted by Crippen LogP contribution is 2.29. The van der Waals surface area contributed by atoms with Gasteiger partial charge in [-0.25, -0.2) is 9.18 Å². The second kappa shape index (κ2) is 8.89. The van der Waals surface area contributed by atoms with Crippen molar-refractivity contribution in [3.63, 3.8) is 0 Å². The third kappa shape index (κ3) is 3.94. The Labute approximate surface area is 194 Å². The summed E-state index contributed by atoms with van der Waals surface area (Å²) < 4.78 is 21.5. The molecule has 0 unspecified atom stereocenters. The minimum Gasteiger partial charge on any atom is -0.457 e. The van der Waals surface area contributed by atoms with Gasteiger partial charge >= 0.3 is 5.69 Å². The topological polar surface area (TPSA) is 117 Å². The molecule has 1 saturated heterocycles. The predicted molar refractivity (Wildman–Crippen MR) is 129 cm³/mol. The molecule has 4 aromatic rings. The number of imidazole rings is 1. The van der Waals surface area contributed by atoms with Gasteiger partial charge in [0.2, 0.25) is 5.95 Å². The average Bonchev–Trinajstić information content (AvgIpc) is 3.40. The number of allylic oxidation sites excluding steroid dienone is 1. The molecule has 0 bridgehead atoms. The van der Waals surface area contributed by atoms with Gasteiger partial charge < -0.3 is 21.1 Å². The first-order chi connectivity index (χ1) is 16.5. The lowest BCUT2D eigenvalue weighted by Gasteiger charge is -2.14. The maximum atomic E-state index is 13.7. The first-order valence-corrected chi connectivity index (χ1v) is 10.9. The van der Waals surface area contributed by atoms with E-state index in [-0.39, 0.29) is 23.5 Å². The minimum absolute atomic E-state index is 0.00492. The van der Waals surface area contributed by atoms with E-state index in [0.717, 1.165) is 0 Å². The molecule has 4 N–H and O–H groups in total.